The molecule has 1 unspecified atom stereocenters. The molecule has 0 radical (unpaired) electrons. The third-order valence-electron chi connectivity index (χ3n) is 5.61. The normalized spacial score (nSPS) is 15.5. The molecule has 0 fully saturated rings. The molecule has 1 aliphatic heterocycles. The molecule has 2 N–H and O–H groups in total. The second-order valence-electron chi connectivity index (χ2n) is 8.18. The Bertz CT molecular complexity index is 1180. The first-order valence-corrected chi connectivity index (χ1v) is 11.3. The molecule has 184 valence electrons. The monoisotopic (exact) mass is 480 g/mol. The summed E-state index contributed by atoms with van der Waals surface area (Å²) in [5.74, 6) is -2.00. The summed E-state index contributed by atoms with van der Waals surface area (Å²) in [4.78, 5) is 37.2. The number of hydrogen-bond donors (Lipinski definition) is 2. The van der Waals surface area contributed by atoms with E-state index in [1.807, 2.05) is 6.92 Å². The molecule has 0 amide bonds. The summed E-state index contributed by atoms with van der Waals surface area (Å²) in [6.45, 7) is 5.53. The summed E-state index contributed by atoms with van der Waals surface area (Å²) >= 11 is 0. The van der Waals surface area contributed by atoms with Crippen molar-refractivity contribution in [2.45, 2.75) is 39.5 Å². The number of rotatable bonds is 9. The van der Waals surface area contributed by atoms with Gasteiger partial charge in [0.15, 0.2) is 0 Å². The number of ether oxygens (including phenoxy) is 2. The number of esters is 2. The minimum absolute atomic E-state index is 0.0698. The highest BCUT2D eigenvalue weighted by Crippen LogP contribution is 2.40. The number of aromatic hydroxyl groups is 1. The van der Waals surface area contributed by atoms with Crippen molar-refractivity contribution in [2.75, 3.05) is 13.2 Å². The zero-order chi connectivity index (χ0) is 25.5. The predicted octanol–water partition coefficient (Wildman–Crippen LogP) is 4.27. The fraction of sp³-hybridized carbons (Fsp3) is 0.308. The summed E-state index contributed by atoms with van der Waals surface area (Å²) in [6.07, 6.45) is 1.04. The van der Waals surface area contributed by atoms with E-state index in [0.717, 1.165) is 5.56 Å². The zero-order valence-electron chi connectivity index (χ0n) is 19.9. The molecule has 9 nitrogen and oxygen atoms in total. The van der Waals surface area contributed by atoms with Gasteiger partial charge >= 0.3 is 11.9 Å². The minimum atomic E-state index is -0.901. The van der Waals surface area contributed by atoms with Crippen LogP contribution in [0.15, 0.2) is 71.1 Å². The zero-order valence-corrected chi connectivity index (χ0v) is 19.9. The Morgan fingerprint density at radius 3 is 2.17 bits per heavy atom. The van der Waals surface area contributed by atoms with Crippen LogP contribution in [0.4, 0.5) is 5.69 Å². The number of carbonyl (C=O) groups excluding carboxylic acids is 2. The van der Waals surface area contributed by atoms with Crippen LogP contribution >= 0.6 is 0 Å². The molecule has 1 atom stereocenters. The van der Waals surface area contributed by atoms with Gasteiger partial charge in [-0.3, -0.25) is 10.1 Å². The molecule has 0 bridgehead atoms. The van der Waals surface area contributed by atoms with Gasteiger partial charge in [0.2, 0.25) is 0 Å². The van der Waals surface area contributed by atoms with Crippen molar-refractivity contribution in [3.05, 3.63) is 92.3 Å². The number of nitro benzene ring substituents is 1. The summed E-state index contributed by atoms with van der Waals surface area (Å²) in [6, 6.07) is 12.4. The van der Waals surface area contributed by atoms with Gasteiger partial charge in [0, 0.05) is 29.9 Å². The highest BCUT2D eigenvalue weighted by atomic mass is 16.6. The van der Waals surface area contributed by atoms with E-state index in [1.54, 1.807) is 44.2 Å². The van der Waals surface area contributed by atoms with Gasteiger partial charge in [0.1, 0.15) is 5.75 Å². The number of dihydropyridines is 1. The van der Waals surface area contributed by atoms with Crippen molar-refractivity contribution in [2.24, 2.45) is 0 Å². The fourth-order valence-corrected chi connectivity index (χ4v) is 3.96. The highest BCUT2D eigenvalue weighted by Gasteiger charge is 2.38. The Morgan fingerprint density at radius 1 is 1.00 bits per heavy atom. The van der Waals surface area contributed by atoms with Crippen LogP contribution in [0.5, 0.6) is 5.75 Å². The summed E-state index contributed by atoms with van der Waals surface area (Å²) in [5, 5.41) is 23.9. The van der Waals surface area contributed by atoms with Crippen molar-refractivity contribution in [3.8, 4) is 5.75 Å². The second-order valence-corrected chi connectivity index (χ2v) is 8.18. The van der Waals surface area contributed by atoms with Crippen LogP contribution in [0.2, 0.25) is 0 Å². The SMILES string of the molecule is CCCOC(=O)C1=C(C)NC(C)=C(C(=O)OCCc2ccc(O)cc2)C1c1cccc([N+](=O)[O-])c1. The molecule has 0 aliphatic carbocycles. The van der Waals surface area contributed by atoms with Gasteiger partial charge in [-0.1, -0.05) is 31.2 Å². The van der Waals surface area contributed by atoms with E-state index >= 15 is 0 Å². The van der Waals surface area contributed by atoms with Crippen LogP contribution in [0.3, 0.4) is 0 Å². The van der Waals surface area contributed by atoms with Gasteiger partial charge < -0.3 is 19.9 Å². The van der Waals surface area contributed by atoms with Crippen molar-refractivity contribution in [1.82, 2.24) is 5.32 Å². The van der Waals surface area contributed by atoms with Crippen LogP contribution < -0.4 is 5.32 Å². The van der Waals surface area contributed by atoms with Crippen LogP contribution in [0.1, 0.15) is 44.2 Å². The molecular weight excluding hydrogens is 452 g/mol. The number of phenolic OH excluding ortho intramolecular Hbond substituents is 1. The fourth-order valence-electron chi connectivity index (χ4n) is 3.96. The molecule has 1 heterocycles. The van der Waals surface area contributed by atoms with Gasteiger partial charge in [-0.15, -0.1) is 0 Å². The van der Waals surface area contributed by atoms with Crippen molar-refractivity contribution >= 4 is 17.6 Å². The molecule has 1 aliphatic rings. The first-order chi connectivity index (χ1) is 16.7. The van der Waals surface area contributed by atoms with Crippen molar-refractivity contribution in [3.63, 3.8) is 0 Å². The van der Waals surface area contributed by atoms with E-state index in [0.29, 0.717) is 29.8 Å². The Labute approximate surface area is 203 Å². The lowest BCUT2D eigenvalue weighted by atomic mass is 9.80. The molecular formula is C26H28N2O7. The van der Waals surface area contributed by atoms with E-state index in [2.05, 4.69) is 5.32 Å². The van der Waals surface area contributed by atoms with Crippen LogP contribution in [-0.2, 0) is 25.5 Å². The lowest BCUT2D eigenvalue weighted by molar-refractivity contribution is -0.384. The molecule has 0 spiro atoms. The van der Waals surface area contributed by atoms with E-state index in [4.69, 9.17) is 9.47 Å². The van der Waals surface area contributed by atoms with Crippen molar-refractivity contribution < 1.29 is 29.1 Å². The number of nitrogens with one attached hydrogen (secondary N) is 1. The lowest BCUT2D eigenvalue weighted by Gasteiger charge is -2.30. The minimum Gasteiger partial charge on any atom is -0.508 e. The maximum absolute atomic E-state index is 13.3. The second kappa shape index (κ2) is 11.3. The third-order valence-corrected chi connectivity index (χ3v) is 5.61. The lowest BCUT2D eigenvalue weighted by Crippen LogP contribution is -2.32. The smallest absolute Gasteiger partial charge is 0.336 e. The van der Waals surface area contributed by atoms with E-state index in [9.17, 15) is 24.8 Å². The average Bonchev–Trinajstić information content (AvgIpc) is 2.83. The third kappa shape index (κ3) is 6.06. The molecule has 0 saturated carbocycles. The van der Waals surface area contributed by atoms with Gasteiger partial charge in [0.25, 0.3) is 5.69 Å². The first kappa shape index (κ1) is 25.5. The average molecular weight is 481 g/mol. The standard InChI is InChI=1S/C26H28N2O7/c1-4-13-34-25(30)22-16(2)27-17(3)23(24(22)19-6-5-7-20(15-19)28(32)33)26(31)35-14-12-18-8-10-21(29)11-9-18/h5-11,15,24,27,29H,4,12-14H2,1-3H3. The quantitative estimate of drug-likeness (QED) is 0.309. The number of non-ortho nitro benzene ring substituents is 1. The summed E-state index contributed by atoms with van der Waals surface area (Å²) in [5.41, 5.74) is 2.51. The molecule has 2 aromatic carbocycles. The summed E-state index contributed by atoms with van der Waals surface area (Å²) < 4.78 is 10.9. The Hall–Kier alpha value is -4.14. The van der Waals surface area contributed by atoms with E-state index < -0.39 is 22.8 Å². The number of carbonyl (C=O) groups is 2. The van der Waals surface area contributed by atoms with Crippen LogP contribution in [-0.4, -0.2) is 35.2 Å². The topological polar surface area (TPSA) is 128 Å². The van der Waals surface area contributed by atoms with Crippen LogP contribution in [0.25, 0.3) is 0 Å². The molecule has 0 saturated heterocycles. The van der Waals surface area contributed by atoms with Crippen molar-refractivity contribution in [1.29, 1.82) is 0 Å². The molecule has 0 aromatic heterocycles. The molecule has 9 heteroatoms. The highest BCUT2D eigenvalue weighted by molar-refractivity contribution is 6.00. The number of hydrogen-bond acceptors (Lipinski definition) is 8. The van der Waals surface area contributed by atoms with E-state index in [1.165, 1.54) is 18.2 Å². The van der Waals surface area contributed by atoms with Gasteiger partial charge in [-0.05, 0) is 43.5 Å². The maximum Gasteiger partial charge on any atom is 0.336 e. The Balaban J connectivity index is 1.95. The molecule has 35 heavy (non-hydrogen) atoms. The first-order valence-electron chi connectivity index (χ1n) is 11.3. The largest absolute Gasteiger partial charge is 0.508 e. The van der Waals surface area contributed by atoms with Crippen LogP contribution in [0, 0.1) is 10.1 Å². The number of benzene rings is 2. The number of nitro groups is 1. The number of nitrogens with zero attached hydrogens (tertiary/aromatic N) is 1. The number of allylic oxidation sites excluding steroid dienone is 2. The van der Waals surface area contributed by atoms with Gasteiger partial charge in [-0.25, -0.2) is 9.59 Å². The number of phenols is 1. The van der Waals surface area contributed by atoms with Gasteiger partial charge in [0.05, 0.1) is 35.2 Å². The predicted molar refractivity (Wildman–Crippen MR) is 128 cm³/mol. The van der Waals surface area contributed by atoms with E-state index in [-0.39, 0.29) is 35.8 Å². The van der Waals surface area contributed by atoms with Gasteiger partial charge in [-0.2, -0.15) is 0 Å². The summed E-state index contributed by atoms with van der Waals surface area (Å²) in [7, 11) is 0. The maximum atomic E-state index is 13.3. The molecule has 2 aromatic rings. The Morgan fingerprint density at radius 2 is 1.60 bits per heavy atom. The Kier molecular flexibility index (Phi) is 8.25. The molecule has 3 rings (SSSR count).